The number of ether oxygens (including phenoxy) is 1. The van der Waals surface area contributed by atoms with Gasteiger partial charge in [0, 0.05) is 17.7 Å². The van der Waals surface area contributed by atoms with Crippen LogP contribution in [0.5, 0.6) is 5.95 Å². The van der Waals surface area contributed by atoms with E-state index in [-0.39, 0.29) is 0 Å². The molecule has 0 fully saturated rings. The summed E-state index contributed by atoms with van der Waals surface area (Å²) in [5.41, 5.74) is 2.29. The Kier molecular flexibility index (Phi) is 6.02. The third kappa shape index (κ3) is 5.79. The van der Waals surface area contributed by atoms with Crippen molar-refractivity contribution < 1.29 is 26.4 Å². The van der Waals surface area contributed by atoms with E-state index >= 15 is 0 Å². The molecule has 0 atom stereocenters. The minimum Gasteiger partial charge on any atom is -0.465 e. The molecule has 0 bridgehead atoms. The molecule has 2 rings (SSSR count). The zero-order chi connectivity index (χ0) is 16.9. The molecule has 0 aromatic rings. The summed E-state index contributed by atoms with van der Waals surface area (Å²) < 4.78 is 52.2. The molecule has 0 unspecified atom stereocenters. The van der Waals surface area contributed by atoms with Gasteiger partial charge in [0.1, 0.15) is 19.9 Å². The standard InChI is InChI=1S/C14H18NO2.BF4/c1-5-16-14-8-10(2)12-7-6-11(15(3)4)9-13(12)17-14;2-1(3,4)5/h6-9H,5H2,1-4H3;/q+1;-1. The van der Waals surface area contributed by atoms with Gasteiger partial charge in [-0.25, -0.2) is 4.58 Å². The lowest BCUT2D eigenvalue weighted by Gasteiger charge is -2.10. The van der Waals surface area contributed by atoms with Gasteiger partial charge >= 0.3 is 7.25 Å². The largest absolute Gasteiger partial charge is 0.673 e. The minimum absolute atomic E-state index is 0.577. The fraction of sp³-hybridized carbons (Fsp3) is 0.357. The molecule has 22 heavy (non-hydrogen) atoms. The molecule has 3 nitrogen and oxygen atoms in total. The summed E-state index contributed by atoms with van der Waals surface area (Å²) in [5, 5.41) is 1.12. The quantitative estimate of drug-likeness (QED) is 0.481. The zero-order valence-corrected chi connectivity index (χ0v) is 12.9. The average molecular weight is 319 g/mol. The highest BCUT2D eigenvalue weighted by molar-refractivity contribution is 6.50. The molecular weight excluding hydrogens is 301 g/mol. The second-order valence-corrected chi connectivity index (χ2v) is 4.75. The predicted molar refractivity (Wildman–Crippen MR) is 78.5 cm³/mol. The Morgan fingerprint density at radius 2 is 1.73 bits per heavy atom. The van der Waals surface area contributed by atoms with E-state index in [0.717, 1.165) is 16.7 Å². The fourth-order valence-electron chi connectivity index (χ4n) is 1.81. The summed E-state index contributed by atoms with van der Waals surface area (Å²) in [5.74, 6) is 1.44. The Hall–Kier alpha value is -1.99. The van der Waals surface area contributed by atoms with E-state index in [0.29, 0.717) is 12.6 Å². The molecule has 0 saturated carbocycles. The van der Waals surface area contributed by atoms with Crippen LogP contribution in [-0.2, 0) is 0 Å². The van der Waals surface area contributed by atoms with Gasteiger partial charge in [-0.1, -0.05) is 0 Å². The van der Waals surface area contributed by atoms with Crippen molar-refractivity contribution in [2.75, 3.05) is 20.7 Å². The lowest BCUT2D eigenvalue weighted by molar-refractivity contribution is 0.254. The zero-order valence-electron chi connectivity index (χ0n) is 12.9. The molecule has 0 radical (unpaired) electrons. The number of nitrogens with zero attached hydrogens (tertiary/aromatic N) is 1. The van der Waals surface area contributed by atoms with Crippen LogP contribution in [0.3, 0.4) is 0 Å². The summed E-state index contributed by atoms with van der Waals surface area (Å²) in [6.07, 6.45) is 0. The first-order valence-electron chi connectivity index (χ1n) is 6.66. The highest BCUT2D eigenvalue weighted by Gasteiger charge is 2.20. The van der Waals surface area contributed by atoms with Gasteiger partial charge in [-0.15, -0.1) is 0 Å². The summed E-state index contributed by atoms with van der Waals surface area (Å²) in [6.45, 7) is 4.63. The van der Waals surface area contributed by atoms with E-state index < -0.39 is 7.25 Å². The van der Waals surface area contributed by atoms with Crippen LogP contribution in [-0.4, -0.2) is 28.0 Å². The third-order valence-electron chi connectivity index (χ3n) is 2.74. The summed E-state index contributed by atoms with van der Waals surface area (Å²) in [4.78, 5) is 0. The normalized spacial score (nSPS) is 10.9. The molecular formula is C14H18BF4NO2. The number of benzene rings is 1. The third-order valence-corrected chi connectivity index (χ3v) is 2.74. The minimum atomic E-state index is -6.00. The van der Waals surface area contributed by atoms with Crippen LogP contribution in [0.15, 0.2) is 28.7 Å². The second kappa shape index (κ2) is 7.33. The molecule has 0 aromatic carbocycles. The molecule has 1 aliphatic heterocycles. The van der Waals surface area contributed by atoms with Crippen molar-refractivity contribution in [1.82, 2.24) is 4.58 Å². The molecule has 0 N–H and O–H groups in total. The molecule has 8 heteroatoms. The number of fused-ring (bicyclic) bond motifs is 1. The van der Waals surface area contributed by atoms with Crippen molar-refractivity contribution >= 4 is 7.25 Å². The monoisotopic (exact) mass is 319 g/mol. The van der Waals surface area contributed by atoms with Crippen molar-refractivity contribution in [3.05, 3.63) is 35.2 Å². The van der Waals surface area contributed by atoms with E-state index in [9.17, 15) is 17.3 Å². The van der Waals surface area contributed by atoms with Crippen LogP contribution < -0.4 is 14.7 Å². The maximum absolute atomic E-state index is 9.75. The lowest BCUT2D eigenvalue weighted by atomic mass is 10.1. The van der Waals surface area contributed by atoms with Crippen LogP contribution in [0, 0.1) is 6.92 Å². The average Bonchev–Trinajstić information content (AvgIpc) is 2.36. The van der Waals surface area contributed by atoms with E-state index in [1.165, 1.54) is 5.56 Å². The van der Waals surface area contributed by atoms with Crippen LogP contribution in [0.2, 0.25) is 0 Å². The van der Waals surface area contributed by atoms with Crippen molar-refractivity contribution in [2.24, 2.45) is 0 Å². The highest BCUT2D eigenvalue weighted by Crippen LogP contribution is 2.29. The Morgan fingerprint density at radius 1 is 1.14 bits per heavy atom. The van der Waals surface area contributed by atoms with Crippen molar-refractivity contribution in [3.63, 3.8) is 0 Å². The van der Waals surface area contributed by atoms with Crippen LogP contribution in [0.25, 0.3) is 11.3 Å². The first-order valence-corrected chi connectivity index (χ1v) is 6.66. The molecule has 0 saturated heterocycles. The second-order valence-electron chi connectivity index (χ2n) is 4.75. The molecule has 1 heterocycles. The van der Waals surface area contributed by atoms with Gasteiger partial charge in [-0.05, 0) is 25.5 Å². The molecule has 0 spiro atoms. The first-order chi connectivity index (χ1) is 10.1. The fourth-order valence-corrected chi connectivity index (χ4v) is 1.81. The Labute approximate surface area is 126 Å². The van der Waals surface area contributed by atoms with Crippen molar-refractivity contribution in [3.8, 4) is 17.3 Å². The number of hydrogen-bond donors (Lipinski definition) is 0. The Balaban J connectivity index is 0.000000422. The van der Waals surface area contributed by atoms with Crippen molar-refractivity contribution in [2.45, 2.75) is 13.8 Å². The summed E-state index contributed by atoms with van der Waals surface area (Å²) >= 11 is 0. The van der Waals surface area contributed by atoms with Gasteiger partial charge < -0.3 is 26.4 Å². The van der Waals surface area contributed by atoms with Gasteiger partial charge in [-0.2, -0.15) is 0 Å². The number of aryl methyl sites for hydroxylation is 1. The Bertz CT molecular complexity index is 657. The number of halogens is 4. The van der Waals surface area contributed by atoms with Crippen molar-refractivity contribution in [1.29, 1.82) is 0 Å². The van der Waals surface area contributed by atoms with E-state index in [1.807, 2.05) is 33.2 Å². The lowest BCUT2D eigenvalue weighted by Crippen LogP contribution is -2.21. The van der Waals surface area contributed by atoms with Gasteiger partial charge in [-0.3, -0.25) is 0 Å². The smallest absolute Gasteiger partial charge is 0.465 e. The SMILES string of the molecule is CCOc1cc(C)c2ccc(=[N+](C)C)cc-2o1.F[B-](F)(F)F. The Morgan fingerprint density at radius 3 is 2.23 bits per heavy atom. The van der Waals surface area contributed by atoms with E-state index in [4.69, 9.17) is 9.15 Å². The van der Waals surface area contributed by atoms with Gasteiger partial charge in [0.2, 0.25) is 5.36 Å². The number of rotatable bonds is 2. The highest BCUT2D eigenvalue weighted by atomic mass is 19.5. The predicted octanol–water partition coefficient (Wildman–Crippen LogP) is 3.42. The topological polar surface area (TPSA) is 25.4 Å². The molecule has 122 valence electrons. The first kappa shape index (κ1) is 18.1. The number of hydrogen-bond acceptors (Lipinski definition) is 2. The van der Waals surface area contributed by atoms with Crippen LogP contribution >= 0.6 is 0 Å². The summed E-state index contributed by atoms with van der Waals surface area (Å²) in [7, 11) is -1.97. The van der Waals surface area contributed by atoms with Crippen LogP contribution in [0.1, 0.15) is 12.5 Å². The van der Waals surface area contributed by atoms with E-state index in [2.05, 4.69) is 23.6 Å². The van der Waals surface area contributed by atoms with Crippen LogP contribution in [0.4, 0.5) is 17.3 Å². The summed E-state index contributed by atoms with van der Waals surface area (Å²) in [6, 6.07) is 8.14. The van der Waals surface area contributed by atoms with Gasteiger partial charge in [0.15, 0.2) is 0 Å². The van der Waals surface area contributed by atoms with Gasteiger partial charge in [0.25, 0.3) is 5.95 Å². The molecule has 1 aliphatic carbocycles. The van der Waals surface area contributed by atoms with Gasteiger partial charge in [0.05, 0.1) is 12.7 Å². The maximum atomic E-state index is 9.75. The molecule has 0 amide bonds. The molecule has 0 aromatic heterocycles. The van der Waals surface area contributed by atoms with E-state index in [1.54, 1.807) is 0 Å². The molecule has 2 aliphatic rings. The maximum Gasteiger partial charge on any atom is 0.673 e.